The Labute approximate surface area is 206 Å². The van der Waals surface area contributed by atoms with Crippen molar-refractivity contribution in [1.29, 1.82) is 0 Å². The van der Waals surface area contributed by atoms with E-state index >= 15 is 0 Å². The molecule has 170 valence electrons. The fourth-order valence-electron chi connectivity index (χ4n) is 5.22. The number of benzene rings is 4. The quantitative estimate of drug-likeness (QED) is 0.275. The van der Waals surface area contributed by atoms with Crippen molar-refractivity contribution in [1.82, 2.24) is 9.55 Å². The predicted octanol–water partition coefficient (Wildman–Crippen LogP) is 6.65. The number of imide groups is 1. The predicted molar refractivity (Wildman–Crippen MR) is 142 cm³/mol. The first-order valence-corrected chi connectivity index (χ1v) is 11.7. The van der Waals surface area contributed by atoms with Crippen LogP contribution >= 0.6 is 0 Å². The Bertz CT molecular complexity index is 1820. The highest BCUT2D eigenvalue weighted by Crippen LogP contribution is 2.38. The number of pyridine rings is 1. The zero-order chi connectivity index (χ0) is 24.2. The summed E-state index contributed by atoms with van der Waals surface area (Å²) < 4.78 is 2.11. The normalized spacial score (nSPS) is 13.1. The number of carbonyl (C=O) groups excluding carboxylic acids is 2. The zero-order valence-electron chi connectivity index (χ0n) is 19.1. The SMILES string of the molecule is O=C1c2cccc(-n3c4ccccc4c4ccc(-c5ccncc5)cc43)c2C(=O)N1c1ccccc1. The third-order valence-corrected chi connectivity index (χ3v) is 6.84. The van der Waals surface area contributed by atoms with Gasteiger partial charge >= 0.3 is 0 Å². The summed E-state index contributed by atoms with van der Waals surface area (Å²) in [7, 11) is 0. The highest BCUT2D eigenvalue weighted by atomic mass is 16.2. The standard InChI is InChI=1S/C31H19N3O2/c35-30-25-10-6-12-27(29(25)31(36)33(30)22-7-2-1-3-8-22)34-26-11-5-4-9-23(26)24-14-13-21(19-28(24)34)20-15-17-32-18-16-20/h1-19H. The molecule has 0 saturated heterocycles. The maximum absolute atomic E-state index is 13.8. The number of fused-ring (bicyclic) bond motifs is 4. The fraction of sp³-hybridized carbons (Fsp3) is 0. The van der Waals surface area contributed by atoms with Crippen molar-refractivity contribution in [2.24, 2.45) is 0 Å². The van der Waals surface area contributed by atoms with Gasteiger partial charge in [-0.05, 0) is 59.7 Å². The van der Waals surface area contributed by atoms with Gasteiger partial charge in [0.15, 0.2) is 0 Å². The van der Waals surface area contributed by atoms with Crippen LogP contribution in [0.4, 0.5) is 5.69 Å². The molecule has 0 bridgehead atoms. The third-order valence-electron chi connectivity index (χ3n) is 6.84. The highest BCUT2D eigenvalue weighted by molar-refractivity contribution is 6.35. The van der Waals surface area contributed by atoms with E-state index in [1.807, 2.05) is 54.6 Å². The average Bonchev–Trinajstić information content (AvgIpc) is 3.40. The Hall–Kier alpha value is -5.03. The molecular formula is C31H19N3O2. The van der Waals surface area contributed by atoms with Crippen LogP contribution in [-0.2, 0) is 0 Å². The van der Waals surface area contributed by atoms with Crippen LogP contribution in [0.25, 0.3) is 38.6 Å². The molecule has 1 aliphatic rings. The van der Waals surface area contributed by atoms with Crippen LogP contribution in [-0.4, -0.2) is 21.4 Å². The largest absolute Gasteiger partial charge is 0.308 e. The van der Waals surface area contributed by atoms with Crippen molar-refractivity contribution in [2.45, 2.75) is 0 Å². The molecule has 2 aromatic heterocycles. The van der Waals surface area contributed by atoms with Gasteiger partial charge in [0, 0.05) is 23.2 Å². The van der Waals surface area contributed by atoms with Gasteiger partial charge in [-0.2, -0.15) is 0 Å². The number of hydrogen-bond donors (Lipinski definition) is 0. The molecule has 0 spiro atoms. The van der Waals surface area contributed by atoms with Crippen LogP contribution in [0.2, 0.25) is 0 Å². The van der Waals surface area contributed by atoms with Crippen molar-refractivity contribution in [3.8, 4) is 16.8 Å². The van der Waals surface area contributed by atoms with E-state index in [1.165, 1.54) is 4.90 Å². The van der Waals surface area contributed by atoms with Gasteiger partial charge in [0.25, 0.3) is 11.8 Å². The first-order valence-electron chi connectivity index (χ1n) is 11.7. The topological polar surface area (TPSA) is 55.2 Å². The van der Waals surface area contributed by atoms with Gasteiger partial charge < -0.3 is 4.57 Å². The Kier molecular flexibility index (Phi) is 4.38. The van der Waals surface area contributed by atoms with Crippen molar-refractivity contribution >= 4 is 39.3 Å². The van der Waals surface area contributed by atoms with Crippen molar-refractivity contribution in [2.75, 3.05) is 4.90 Å². The van der Waals surface area contributed by atoms with Crippen LogP contribution in [0.3, 0.4) is 0 Å². The Balaban J connectivity index is 1.51. The lowest BCUT2D eigenvalue weighted by atomic mass is 10.0. The fourth-order valence-corrected chi connectivity index (χ4v) is 5.22. The number of hydrogen-bond acceptors (Lipinski definition) is 3. The summed E-state index contributed by atoms with van der Waals surface area (Å²) in [6.07, 6.45) is 3.56. The molecule has 4 aromatic carbocycles. The molecule has 36 heavy (non-hydrogen) atoms. The van der Waals surface area contributed by atoms with E-state index in [0.717, 1.165) is 32.9 Å². The summed E-state index contributed by atoms with van der Waals surface area (Å²) in [6.45, 7) is 0. The number of amides is 2. The van der Waals surface area contributed by atoms with Gasteiger partial charge in [0.2, 0.25) is 0 Å². The van der Waals surface area contributed by atoms with Gasteiger partial charge in [0.1, 0.15) is 0 Å². The second-order valence-corrected chi connectivity index (χ2v) is 8.80. The van der Waals surface area contributed by atoms with Gasteiger partial charge in [-0.3, -0.25) is 14.6 Å². The van der Waals surface area contributed by atoms with Crippen LogP contribution in [0.5, 0.6) is 0 Å². The minimum atomic E-state index is -0.312. The molecule has 3 heterocycles. The molecule has 0 fully saturated rings. The molecule has 0 saturated carbocycles. The zero-order valence-corrected chi connectivity index (χ0v) is 19.1. The first kappa shape index (κ1) is 20.4. The van der Waals surface area contributed by atoms with E-state index in [4.69, 9.17) is 0 Å². The summed E-state index contributed by atoms with van der Waals surface area (Å²) in [5.74, 6) is -0.616. The number of carbonyl (C=O) groups is 2. The summed E-state index contributed by atoms with van der Waals surface area (Å²) in [5.41, 5.74) is 6.15. The molecule has 0 radical (unpaired) electrons. The van der Waals surface area contributed by atoms with Crippen LogP contribution < -0.4 is 4.90 Å². The molecule has 0 unspecified atom stereocenters. The smallest absolute Gasteiger partial charge is 0.268 e. The van der Waals surface area contributed by atoms with E-state index in [0.29, 0.717) is 22.5 Å². The summed E-state index contributed by atoms with van der Waals surface area (Å²) in [5, 5.41) is 2.17. The summed E-state index contributed by atoms with van der Waals surface area (Å²) in [4.78, 5) is 32.6. The first-order chi connectivity index (χ1) is 17.7. The lowest BCUT2D eigenvalue weighted by molar-refractivity contribution is 0.0926. The lowest BCUT2D eigenvalue weighted by Crippen LogP contribution is -2.29. The van der Waals surface area contributed by atoms with Crippen LogP contribution in [0, 0.1) is 0 Å². The van der Waals surface area contributed by atoms with Crippen molar-refractivity contribution < 1.29 is 9.59 Å². The van der Waals surface area contributed by atoms with Crippen LogP contribution in [0.1, 0.15) is 20.7 Å². The average molecular weight is 466 g/mol. The van der Waals surface area contributed by atoms with E-state index in [1.54, 1.807) is 30.6 Å². The van der Waals surface area contributed by atoms with Gasteiger partial charge in [-0.1, -0.05) is 54.6 Å². The molecule has 0 atom stereocenters. The molecule has 0 aliphatic carbocycles. The number of nitrogens with zero attached hydrogens (tertiary/aromatic N) is 3. The number of rotatable bonds is 3. The molecule has 5 nitrogen and oxygen atoms in total. The minimum absolute atomic E-state index is 0.304. The molecular weight excluding hydrogens is 446 g/mol. The minimum Gasteiger partial charge on any atom is -0.308 e. The molecule has 6 aromatic rings. The second kappa shape index (κ2) is 7.75. The molecule has 5 heteroatoms. The summed E-state index contributed by atoms with van der Waals surface area (Å²) >= 11 is 0. The molecule has 7 rings (SSSR count). The van der Waals surface area contributed by atoms with E-state index < -0.39 is 0 Å². The van der Waals surface area contributed by atoms with Crippen molar-refractivity contribution in [3.05, 3.63) is 127 Å². The number of para-hydroxylation sites is 2. The van der Waals surface area contributed by atoms with Gasteiger partial charge in [-0.25, -0.2) is 4.90 Å². The Morgan fingerprint density at radius 3 is 2.17 bits per heavy atom. The Morgan fingerprint density at radius 2 is 1.33 bits per heavy atom. The maximum Gasteiger partial charge on any atom is 0.268 e. The number of anilines is 1. The molecule has 0 N–H and O–H groups in total. The van der Waals surface area contributed by atoms with E-state index in [2.05, 4.69) is 39.9 Å². The van der Waals surface area contributed by atoms with Gasteiger partial charge in [-0.15, -0.1) is 0 Å². The van der Waals surface area contributed by atoms with E-state index in [9.17, 15) is 9.59 Å². The summed E-state index contributed by atoms with van der Waals surface area (Å²) in [6, 6.07) is 33.1. The monoisotopic (exact) mass is 465 g/mol. The third kappa shape index (κ3) is 2.86. The lowest BCUT2D eigenvalue weighted by Gasteiger charge is -2.14. The molecule has 1 aliphatic heterocycles. The maximum atomic E-state index is 13.8. The second-order valence-electron chi connectivity index (χ2n) is 8.80. The Morgan fingerprint density at radius 1 is 0.583 bits per heavy atom. The molecule has 2 amide bonds. The van der Waals surface area contributed by atoms with Gasteiger partial charge in [0.05, 0.1) is 33.5 Å². The van der Waals surface area contributed by atoms with E-state index in [-0.39, 0.29) is 11.8 Å². The highest BCUT2D eigenvalue weighted by Gasteiger charge is 2.39. The van der Waals surface area contributed by atoms with Crippen LogP contribution in [0.15, 0.2) is 116 Å². The number of aromatic nitrogens is 2. The van der Waals surface area contributed by atoms with Crippen molar-refractivity contribution in [3.63, 3.8) is 0 Å².